The summed E-state index contributed by atoms with van der Waals surface area (Å²) in [5.41, 5.74) is 0.487. The Bertz CT molecular complexity index is 721. The average molecular weight is 378 g/mol. The fourth-order valence-electron chi connectivity index (χ4n) is 2.36. The summed E-state index contributed by atoms with van der Waals surface area (Å²) in [4.78, 5) is 12.0. The highest BCUT2D eigenvalue weighted by molar-refractivity contribution is 7.99. The van der Waals surface area contributed by atoms with Gasteiger partial charge in [0.1, 0.15) is 11.4 Å². The van der Waals surface area contributed by atoms with Crippen LogP contribution in [0.4, 0.5) is 0 Å². The van der Waals surface area contributed by atoms with Crippen molar-refractivity contribution in [1.82, 2.24) is 14.8 Å². The van der Waals surface area contributed by atoms with Crippen molar-refractivity contribution in [3.05, 3.63) is 24.3 Å². The van der Waals surface area contributed by atoms with Gasteiger partial charge in [-0.2, -0.15) is 0 Å². The number of aromatic nitrogens is 3. The van der Waals surface area contributed by atoms with Crippen molar-refractivity contribution >= 4 is 17.7 Å². The van der Waals surface area contributed by atoms with E-state index >= 15 is 0 Å². The summed E-state index contributed by atoms with van der Waals surface area (Å²) in [6.45, 7) is 8.54. The molecule has 0 aliphatic heterocycles. The molecule has 0 N–H and O–H groups in total. The van der Waals surface area contributed by atoms with E-state index in [2.05, 4.69) is 21.7 Å². The molecular formula is C19H27N3O3S. The van der Waals surface area contributed by atoms with E-state index in [-0.39, 0.29) is 11.7 Å². The second-order valence-corrected chi connectivity index (χ2v) is 7.86. The minimum absolute atomic E-state index is 0.212. The van der Waals surface area contributed by atoms with E-state index in [1.54, 1.807) is 7.11 Å². The van der Waals surface area contributed by atoms with Crippen LogP contribution in [0.5, 0.6) is 5.75 Å². The normalized spacial score (nSPS) is 11.4. The Morgan fingerprint density at radius 1 is 1.19 bits per heavy atom. The summed E-state index contributed by atoms with van der Waals surface area (Å²) in [6.07, 6.45) is 2.08. The number of nitrogens with zero attached hydrogens (tertiary/aromatic N) is 3. The molecular weight excluding hydrogens is 350 g/mol. The molecule has 7 heteroatoms. The lowest BCUT2D eigenvalue weighted by Gasteiger charge is -2.19. The third-order valence-corrected chi connectivity index (χ3v) is 4.48. The van der Waals surface area contributed by atoms with Crippen LogP contribution < -0.4 is 4.74 Å². The molecule has 0 aliphatic rings. The molecule has 1 aromatic heterocycles. The van der Waals surface area contributed by atoms with Gasteiger partial charge >= 0.3 is 5.97 Å². The lowest BCUT2D eigenvalue weighted by Crippen LogP contribution is -2.25. The number of esters is 1. The first kappa shape index (κ1) is 20.3. The van der Waals surface area contributed by atoms with Gasteiger partial charge in [-0.25, -0.2) is 0 Å². The van der Waals surface area contributed by atoms with Gasteiger partial charge < -0.3 is 14.0 Å². The van der Waals surface area contributed by atoms with E-state index in [4.69, 9.17) is 9.47 Å². The predicted octanol–water partition coefficient (Wildman–Crippen LogP) is 4.19. The molecule has 142 valence electrons. The molecule has 0 saturated carbocycles. The van der Waals surface area contributed by atoms with Crippen LogP contribution in [-0.2, 0) is 16.1 Å². The lowest BCUT2D eigenvalue weighted by molar-refractivity contribution is -0.151. The van der Waals surface area contributed by atoms with Crippen LogP contribution in [0.25, 0.3) is 11.4 Å². The monoisotopic (exact) mass is 377 g/mol. The van der Waals surface area contributed by atoms with Crippen molar-refractivity contribution in [2.75, 3.05) is 12.9 Å². The highest BCUT2D eigenvalue weighted by atomic mass is 32.2. The summed E-state index contributed by atoms with van der Waals surface area (Å²) in [5, 5.41) is 9.37. The zero-order valence-electron chi connectivity index (χ0n) is 16.1. The number of hydrogen-bond donors (Lipinski definition) is 0. The fourth-order valence-corrected chi connectivity index (χ4v) is 3.10. The number of carbonyl (C=O) groups excluding carboxylic acids is 1. The number of unbranched alkanes of at least 4 members (excludes halogenated alkanes) is 1. The predicted molar refractivity (Wildman–Crippen MR) is 103 cm³/mol. The Balaban J connectivity index is 2.18. The smallest absolute Gasteiger partial charge is 0.316 e. The molecule has 0 radical (unpaired) electrons. The maximum atomic E-state index is 12.0. The minimum atomic E-state index is -0.484. The maximum absolute atomic E-state index is 12.0. The molecule has 1 heterocycles. The second kappa shape index (κ2) is 9.07. The molecule has 0 amide bonds. The SMILES string of the molecule is CCCCn1c(SCC(=O)OC(C)(C)C)nnc1-c1ccc(OC)cc1. The highest BCUT2D eigenvalue weighted by Crippen LogP contribution is 2.26. The van der Waals surface area contributed by atoms with E-state index in [0.29, 0.717) is 0 Å². The zero-order chi connectivity index (χ0) is 19.2. The lowest BCUT2D eigenvalue weighted by atomic mass is 10.2. The van der Waals surface area contributed by atoms with Crippen LogP contribution in [0.3, 0.4) is 0 Å². The molecule has 2 aromatic rings. The standard InChI is InChI=1S/C19H27N3O3S/c1-6-7-12-22-17(14-8-10-15(24-5)11-9-14)20-21-18(22)26-13-16(23)25-19(2,3)4/h8-11H,6-7,12-13H2,1-5H3. The van der Waals surface area contributed by atoms with Crippen molar-refractivity contribution < 1.29 is 14.3 Å². The zero-order valence-corrected chi connectivity index (χ0v) is 16.9. The Labute approximate surface area is 159 Å². The molecule has 0 fully saturated rings. The molecule has 2 rings (SSSR count). The Hall–Kier alpha value is -2.02. The van der Waals surface area contributed by atoms with Gasteiger partial charge in [-0.1, -0.05) is 25.1 Å². The van der Waals surface area contributed by atoms with Crippen molar-refractivity contribution in [3.63, 3.8) is 0 Å². The van der Waals surface area contributed by atoms with E-state index in [1.165, 1.54) is 11.8 Å². The van der Waals surface area contributed by atoms with Gasteiger partial charge in [-0.05, 0) is 51.5 Å². The van der Waals surface area contributed by atoms with Crippen LogP contribution in [-0.4, -0.2) is 39.2 Å². The number of carbonyl (C=O) groups is 1. The summed E-state index contributed by atoms with van der Waals surface area (Å²) >= 11 is 1.36. The number of hydrogen-bond acceptors (Lipinski definition) is 6. The van der Waals surface area contributed by atoms with Crippen LogP contribution in [0, 0.1) is 0 Å². The molecule has 0 unspecified atom stereocenters. The van der Waals surface area contributed by atoms with E-state index in [9.17, 15) is 4.79 Å². The molecule has 0 spiro atoms. The van der Waals surface area contributed by atoms with Crippen LogP contribution in [0.15, 0.2) is 29.4 Å². The highest BCUT2D eigenvalue weighted by Gasteiger charge is 2.19. The van der Waals surface area contributed by atoms with E-state index in [0.717, 1.165) is 41.7 Å². The van der Waals surface area contributed by atoms with Gasteiger partial charge in [0, 0.05) is 12.1 Å². The van der Waals surface area contributed by atoms with Crippen LogP contribution in [0.1, 0.15) is 40.5 Å². The van der Waals surface area contributed by atoms with Gasteiger partial charge in [-0.15, -0.1) is 10.2 Å². The first-order valence-electron chi connectivity index (χ1n) is 8.76. The third-order valence-electron chi connectivity index (χ3n) is 3.54. The Morgan fingerprint density at radius 3 is 2.46 bits per heavy atom. The summed E-state index contributed by atoms with van der Waals surface area (Å²) in [6, 6.07) is 7.74. The van der Waals surface area contributed by atoms with Gasteiger partial charge in [-0.3, -0.25) is 4.79 Å². The topological polar surface area (TPSA) is 66.2 Å². The van der Waals surface area contributed by atoms with Crippen molar-refractivity contribution in [1.29, 1.82) is 0 Å². The van der Waals surface area contributed by atoms with Gasteiger partial charge in [0.05, 0.1) is 12.9 Å². The molecule has 6 nitrogen and oxygen atoms in total. The maximum Gasteiger partial charge on any atom is 0.316 e. The van der Waals surface area contributed by atoms with E-state index in [1.807, 2.05) is 45.0 Å². The average Bonchev–Trinajstić information content (AvgIpc) is 2.99. The summed E-state index contributed by atoms with van der Waals surface area (Å²) < 4.78 is 12.6. The number of thioether (sulfide) groups is 1. The molecule has 1 aromatic carbocycles. The summed E-state index contributed by atoms with van der Waals surface area (Å²) in [5.74, 6) is 1.56. The first-order chi connectivity index (χ1) is 12.3. The van der Waals surface area contributed by atoms with Gasteiger partial charge in [0.25, 0.3) is 0 Å². The van der Waals surface area contributed by atoms with Crippen molar-refractivity contribution in [2.24, 2.45) is 0 Å². The molecule has 0 saturated heterocycles. The third kappa shape index (κ3) is 5.76. The second-order valence-electron chi connectivity index (χ2n) is 6.91. The number of benzene rings is 1. The number of rotatable bonds is 8. The van der Waals surface area contributed by atoms with Crippen molar-refractivity contribution in [3.8, 4) is 17.1 Å². The van der Waals surface area contributed by atoms with Crippen molar-refractivity contribution in [2.45, 2.75) is 57.8 Å². The molecule has 0 atom stereocenters. The molecule has 0 aliphatic carbocycles. The first-order valence-corrected chi connectivity index (χ1v) is 9.75. The van der Waals surface area contributed by atoms with E-state index < -0.39 is 5.60 Å². The number of methoxy groups -OCH3 is 1. The Kier molecular flexibility index (Phi) is 7.08. The fraction of sp³-hybridized carbons (Fsp3) is 0.526. The number of ether oxygens (including phenoxy) is 2. The quantitative estimate of drug-likeness (QED) is 0.508. The Morgan fingerprint density at radius 2 is 1.88 bits per heavy atom. The van der Waals surface area contributed by atoms with Gasteiger partial charge in [0.2, 0.25) is 0 Å². The van der Waals surface area contributed by atoms with Crippen LogP contribution in [0.2, 0.25) is 0 Å². The summed E-state index contributed by atoms with van der Waals surface area (Å²) in [7, 11) is 1.64. The van der Waals surface area contributed by atoms with Gasteiger partial charge in [0.15, 0.2) is 11.0 Å². The molecule has 0 bridgehead atoms. The minimum Gasteiger partial charge on any atom is -0.497 e. The largest absolute Gasteiger partial charge is 0.497 e. The molecule has 26 heavy (non-hydrogen) atoms. The van der Waals surface area contributed by atoms with Crippen LogP contribution >= 0.6 is 11.8 Å².